The molecule has 1 atom stereocenters. The molecule has 0 bridgehead atoms. The monoisotopic (exact) mass is 365 g/mol. The summed E-state index contributed by atoms with van der Waals surface area (Å²) >= 11 is 0. The van der Waals surface area contributed by atoms with E-state index in [4.69, 9.17) is 4.74 Å². The van der Waals surface area contributed by atoms with Crippen molar-refractivity contribution in [3.8, 4) is 16.8 Å². The van der Waals surface area contributed by atoms with Gasteiger partial charge in [0.25, 0.3) is 5.91 Å². The van der Waals surface area contributed by atoms with E-state index in [2.05, 4.69) is 20.8 Å². The number of benzene rings is 2. The van der Waals surface area contributed by atoms with Crippen LogP contribution in [0.3, 0.4) is 0 Å². The Morgan fingerprint density at radius 3 is 2.63 bits per heavy atom. The molecule has 7 heteroatoms. The van der Waals surface area contributed by atoms with Gasteiger partial charge in [-0.05, 0) is 60.0 Å². The maximum absolute atomic E-state index is 12.8. The van der Waals surface area contributed by atoms with E-state index in [1.54, 1.807) is 17.9 Å². The first-order chi connectivity index (χ1) is 13.1. The SMILES string of the molecule is COCCC(C)NC(=O)c1cc(-c2ccc(C)cc2)cc(-n2cnnn2)c1. The lowest BCUT2D eigenvalue weighted by molar-refractivity contribution is 0.0929. The van der Waals surface area contributed by atoms with E-state index in [0.29, 0.717) is 12.2 Å². The largest absolute Gasteiger partial charge is 0.385 e. The highest BCUT2D eigenvalue weighted by Crippen LogP contribution is 2.24. The number of methoxy groups -OCH3 is 1. The van der Waals surface area contributed by atoms with Gasteiger partial charge in [0.05, 0.1) is 5.69 Å². The normalized spacial score (nSPS) is 12.0. The third-order valence-electron chi connectivity index (χ3n) is 4.31. The molecule has 0 spiro atoms. The zero-order chi connectivity index (χ0) is 19.2. The number of carbonyl (C=O) groups excluding carboxylic acids is 1. The minimum Gasteiger partial charge on any atom is -0.385 e. The van der Waals surface area contributed by atoms with Crippen LogP contribution in [0.2, 0.25) is 0 Å². The summed E-state index contributed by atoms with van der Waals surface area (Å²) in [6.45, 7) is 4.60. The van der Waals surface area contributed by atoms with Gasteiger partial charge in [-0.15, -0.1) is 5.10 Å². The lowest BCUT2D eigenvalue weighted by atomic mass is 10.0. The molecule has 27 heavy (non-hydrogen) atoms. The predicted octanol–water partition coefficient (Wildman–Crippen LogP) is 2.79. The average Bonchev–Trinajstić information content (AvgIpc) is 3.21. The summed E-state index contributed by atoms with van der Waals surface area (Å²) in [6, 6.07) is 13.8. The molecule has 140 valence electrons. The van der Waals surface area contributed by atoms with Gasteiger partial charge in [0, 0.05) is 25.3 Å². The van der Waals surface area contributed by atoms with Crippen molar-refractivity contribution in [3.05, 3.63) is 59.9 Å². The molecule has 2 aromatic carbocycles. The zero-order valence-corrected chi connectivity index (χ0v) is 15.7. The number of rotatable bonds is 7. The summed E-state index contributed by atoms with van der Waals surface area (Å²) < 4.78 is 6.62. The van der Waals surface area contributed by atoms with E-state index >= 15 is 0 Å². The van der Waals surface area contributed by atoms with Crippen molar-refractivity contribution < 1.29 is 9.53 Å². The third kappa shape index (κ3) is 4.77. The first kappa shape index (κ1) is 18.7. The predicted molar refractivity (Wildman–Crippen MR) is 103 cm³/mol. The Balaban J connectivity index is 1.95. The molecule has 0 fully saturated rings. The Kier molecular flexibility index (Phi) is 5.93. The van der Waals surface area contributed by atoms with Crippen LogP contribution in [0.25, 0.3) is 16.8 Å². The highest BCUT2D eigenvalue weighted by Gasteiger charge is 2.14. The Labute approximate surface area is 158 Å². The smallest absolute Gasteiger partial charge is 0.251 e. The Morgan fingerprint density at radius 2 is 1.96 bits per heavy atom. The molecule has 0 saturated heterocycles. The van der Waals surface area contributed by atoms with Gasteiger partial charge in [0.2, 0.25) is 0 Å². The van der Waals surface area contributed by atoms with Crippen molar-refractivity contribution >= 4 is 5.91 Å². The summed E-state index contributed by atoms with van der Waals surface area (Å²) in [7, 11) is 1.65. The van der Waals surface area contributed by atoms with E-state index < -0.39 is 0 Å². The van der Waals surface area contributed by atoms with Gasteiger partial charge < -0.3 is 10.1 Å². The number of carbonyl (C=O) groups is 1. The Morgan fingerprint density at radius 1 is 1.19 bits per heavy atom. The van der Waals surface area contributed by atoms with Gasteiger partial charge >= 0.3 is 0 Å². The molecule has 1 amide bonds. The van der Waals surface area contributed by atoms with Gasteiger partial charge in [0.1, 0.15) is 6.33 Å². The average molecular weight is 365 g/mol. The quantitative estimate of drug-likeness (QED) is 0.696. The second-order valence-corrected chi connectivity index (χ2v) is 6.54. The van der Waals surface area contributed by atoms with Crippen LogP contribution < -0.4 is 5.32 Å². The van der Waals surface area contributed by atoms with Gasteiger partial charge in [-0.2, -0.15) is 0 Å². The van der Waals surface area contributed by atoms with Gasteiger partial charge in [-0.25, -0.2) is 4.68 Å². The third-order valence-corrected chi connectivity index (χ3v) is 4.31. The summed E-state index contributed by atoms with van der Waals surface area (Å²) in [5.74, 6) is -0.137. The van der Waals surface area contributed by atoms with Crippen LogP contribution in [0.4, 0.5) is 0 Å². The van der Waals surface area contributed by atoms with Gasteiger partial charge in [0.15, 0.2) is 0 Å². The standard InChI is InChI=1S/C20H23N5O2/c1-14-4-6-16(7-5-14)17-10-18(20(26)22-15(2)8-9-27-3)12-19(11-17)25-13-21-23-24-25/h4-7,10-13,15H,8-9H2,1-3H3,(H,22,26). The molecular formula is C20H23N5O2. The lowest BCUT2D eigenvalue weighted by Gasteiger charge is -2.15. The molecule has 0 aliphatic rings. The maximum Gasteiger partial charge on any atom is 0.251 e. The summed E-state index contributed by atoms with van der Waals surface area (Å²) in [4.78, 5) is 12.8. The number of amides is 1. The van der Waals surface area contributed by atoms with Crippen LogP contribution in [0, 0.1) is 6.92 Å². The number of nitrogens with one attached hydrogen (secondary N) is 1. The maximum atomic E-state index is 12.8. The minimum absolute atomic E-state index is 0.0111. The Hall–Kier alpha value is -3.06. The van der Waals surface area contributed by atoms with Crippen LogP contribution in [0.1, 0.15) is 29.3 Å². The van der Waals surface area contributed by atoms with Crippen molar-refractivity contribution in [1.29, 1.82) is 0 Å². The number of aromatic nitrogens is 4. The number of tetrazole rings is 1. The number of hydrogen-bond acceptors (Lipinski definition) is 5. The molecule has 0 radical (unpaired) electrons. The number of aryl methyl sites for hydroxylation is 1. The molecule has 3 rings (SSSR count). The van der Waals surface area contributed by atoms with Crippen LogP contribution in [-0.2, 0) is 4.74 Å². The molecule has 1 heterocycles. The molecule has 1 unspecified atom stereocenters. The zero-order valence-electron chi connectivity index (χ0n) is 15.7. The lowest BCUT2D eigenvalue weighted by Crippen LogP contribution is -2.33. The second kappa shape index (κ2) is 8.55. The van der Waals surface area contributed by atoms with E-state index in [1.165, 1.54) is 11.9 Å². The number of hydrogen-bond donors (Lipinski definition) is 1. The van der Waals surface area contributed by atoms with Crippen LogP contribution >= 0.6 is 0 Å². The van der Waals surface area contributed by atoms with Crippen molar-refractivity contribution in [2.24, 2.45) is 0 Å². The second-order valence-electron chi connectivity index (χ2n) is 6.54. The van der Waals surface area contributed by atoms with E-state index in [9.17, 15) is 4.79 Å². The van der Waals surface area contributed by atoms with Crippen molar-refractivity contribution in [1.82, 2.24) is 25.5 Å². The highest BCUT2D eigenvalue weighted by molar-refractivity contribution is 5.96. The van der Waals surface area contributed by atoms with Crippen LogP contribution in [-0.4, -0.2) is 45.9 Å². The van der Waals surface area contributed by atoms with Crippen LogP contribution in [0.5, 0.6) is 0 Å². The first-order valence-electron chi connectivity index (χ1n) is 8.82. The topological polar surface area (TPSA) is 81.9 Å². The number of ether oxygens (including phenoxy) is 1. The molecule has 1 aromatic heterocycles. The Bertz CT molecular complexity index is 891. The van der Waals surface area contributed by atoms with Crippen molar-refractivity contribution in [2.75, 3.05) is 13.7 Å². The summed E-state index contributed by atoms with van der Waals surface area (Å²) in [5, 5.41) is 14.3. The fraction of sp³-hybridized carbons (Fsp3) is 0.300. The molecule has 0 aliphatic carbocycles. The van der Waals surface area contributed by atoms with Gasteiger partial charge in [-0.1, -0.05) is 29.8 Å². The molecule has 1 N–H and O–H groups in total. The van der Waals surface area contributed by atoms with Crippen molar-refractivity contribution in [2.45, 2.75) is 26.3 Å². The molecule has 7 nitrogen and oxygen atoms in total. The molecule has 0 aliphatic heterocycles. The highest BCUT2D eigenvalue weighted by atomic mass is 16.5. The summed E-state index contributed by atoms with van der Waals surface area (Å²) in [6.07, 6.45) is 2.26. The minimum atomic E-state index is -0.137. The molecule has 3 aromatic rings. The van der Waals surface area contributed by atoms with E-state index in [1.807, 2.05) is 50.2 Å². The van der Waals surface area contributed by atoms with Crippen molar-refractivity contribution in [3.63, 3.8) is 0 Å². The fourth-order valence-electron chi connectivity index (χ4n) is 2.74. The van der Waals surface area contributed by atoms with E-state index in [0.717, 1.165) is 23.2 Å². The van der Waals surface area contributed by atoms with E-state index in [-0.39, 0.29) is 11.9 Å². The molecule has 0 saturated carbocycles. The first-order valence-corrected chi connectivity index (χ1v) is 8.82. The fourth-order valence-corrected chi connectivity index (χ4v) is 2.74. The van der Waals surface area contributed by atoms with Crippen LogP contribution in [0.15, 0.2) is 48.8 Å². The van der Waals surface area contributed by atoms with Gasteiger partial charge in [-0.3, -0.25) is 4.79 Å². The summed E-state index contributed by atoms with van der Waals surface area (Å²) in [5.41, 5.74) is 4.42. The molecular weight excluding hydrogens is 342 g/mol. The number of nitrogens with zero attached hydrogens (tertiary/aromatic N) is 4.